The molecule has 0 aromatic heterocycles. The van der Waals surface area contributed by atoms with E-state index in [2.05, 4.69) is 10.2 Å². The largest absolute Gasteiger partial charge is 0.274 e. The maximum atomic E-state index is 11.0. The first-order valence-electron chi connectivity index (χ1n) is 3.80. The Hall–Kier alpha value is 0.220. The fraction of sp³-hybridized carbons (Fsp3) is 1.00. The van der Waals surface area contributed by atoms with Crippen molar-refractivity contribution < 1.29 is 9.13 Å². The Morgan fingerprint density at radius 2 is 1.50 bits per heavy atom. The third-order valence-electron chi connectivity index (χ3n) is 1.25. The number of hydrogen-bond donors (Lipinski definition) is 6. The Bertz CT molecular complexity index is 280. The van der Waals surface area contributed by atoms with Gasteiger partial charge in [0.2, 0.25) is 0 Å². The minimum Gasteiger partial charge on any atom is -0.271 e. The highest BCUT2D eigenvalue weighted by molar-refractivity contribution is 7.57. The molecule has 0 amide bonds. The van der Waals surface area contributed by atoms with Gasteiger partial charge in [-0.2, -0.15) is 0 Å². The highest BCUT2D eigenvalue weighted by atomic mass is 31.2. The van der Waals surface area contributed by atoms with Crippen molar-refractivity contribution in [2.45, 2.75) is 19.4 Å². The van der Waals surface area contributed by atoms with Gasteiger partial charge >= 0.3 is 0 Å². The van der Waals surface area contributed by atoms with Gasteiger partial charge in [0.25, 0.3) is 15.2 Å². The highest BCUT2D eigenvalue weighted by Crippen LogP contribution is 2.25. The van der Waals surface area contributed by atoms with E-state index in [1.807, 2.05) is 0 Å². The Morgan fingerprint density at radius 3 is 1.79 bits per heavy atom. The van der Waals surface area contributed by atoms with Crippen LogP contribution in [0.25, 0.3) is 0 Å². The maximum absolute atomic E-state index is 11.0. The van der Waals surface area contributed by atoms with Gasteiger partial charge in [-0.1, -0.05) is 0 Å². The van der Waals surface area contributed by atoms with Crippen LogP contribution in [0.5, 0.6) is 0 Å². The molecule has 0 aromatic carbocycles. The van der Waals surface area contributed by atoms with Gasteiger partial charge in [-0.05, 0) is 13.8 Å². The summed E-state index contributed by atoms with van der Waals surface area (Å²) in [5.74, 6) is 0. The lowest BCUT2D eigenvalue weighted by atomic mass is 10.1. The number of hydrogen-bond acceptors (Lipinski definition) is 2. The first-order valence-corrected chi connectivity index (χ1v) is 7.49. The Kier molecular flexibility index (Phi) is 4.45. The van der Waals surface area contributed by atoms with Gasteiger partial charge in [0, 0.05) is 12.1 Å². The highest BCUT2D eigenvalue weighted by Gasteiger charge is 2.25. The predicted molar refractivity (Wildman–Crippen MR) is 57.2 cm³/mol. The minimum atomic E-state index is -3.33. The second kappa shape index (κ2) is 4.38. The zero-order chi connectivity index (χ0) is 11.6. The fourth-order valence-electron chi connectivity index (χ4n) is 0.834. The topological polar surface area (TPSA) is 162 Å². The molecule has 0 radical (unpaired) electrons. The average molecular weight is 244 g/mol. The van der Waals surface area contributed by atoms with Gasteiger partial charge in [-0.25, -0.2) is 10.2 Å². The van der Waals surface area contributed by atoms with E-state index in [-0.39, 0.29) is 6.54 Å². The molecule has 14 heavy (non-hydrogen) atoms. The first kappa shape index (κ1) is 14.2. The average Bonchev–Trinajstić information content (AvgIpc) is 1.76. The van der Waals surface area contributed by atoms with E-state index in [1.165, 1.54) is 0 Å². The van der Waals surface area contributed by atoms with Gasteiger partial charge < -0.3 is 0 Å². The van der Waals surface area contributed by atoms with Crippen LogP contribution in [-0.2, 0) is 9.13 Å². The summed E-state index contributed by atoms with van der Waals surface area (Å²) in [6.45, 7) is 3.47. The van der Waals surface area contributed by atoms with Crippen molar-refractivity contribution in [1.82, 2.24) is 10.2 Å². The van der Waals surface area contributed by atoms with Crippen LogP contribution < -0.4 is 32.2 Å². The molecule has 8 nitrogen and oxygen atoms in total. The molecule has 0 saturated heterocycles. The number of rotatable bonds is 5. The van der Waals surface area contributed by atoms with E-state index >= 15 is 0 Å². The van der Waals surface area contributed by atoms with Crippen molar-refractivity contribution in [3.63, 3.8) is 0 Å². The Balaban J connectivity index is 4.23. The van der Waals surface area contributed by atoms with Crippen LogP contribution in [0.3, 0.4) is 0 Å². The second-order valence-electron chi connectivity index (χ2n) is 3.75. The molecule has 0 atom stereocenters. The van der Waals surface area contributed by atoms with E-state index in [4.69, 9.17) is 22.0 Å². The van der Waals surface area contributed by atoms with Crippen LogP contribution in [0.1, 0.15) is 13.8 Å². The molecule has 0 heterocycles. The third-order valence-corrected chi connectivity index (χ3v) is 2.85. The zero-order valence-corrected chi connectivity index (χ0v) is 10.0. The molecule has 0 aliphatic rings. The van der Waals surface area contributed by atoms with E-state index in [0.717, 1.165) is 0 Å². The summed E-state index contributed by atoms with van der Waals surface area (Å²) < 4.78 is 22.0. The van der Waals surface area contributed by atoms with Crippen LogP contribution in [0, 0.1) is 0 Å². The smallest absolute Gasteiger partial charge is 0.271 e. The summed E-state index contributed by atoms with van der Waals surface area (Å²) in [7, 11) is -6.62. The molecule has 0 bridgehead atoms. The van der Waals surface area contributed by atoms with Crippen molar-refractivity contribution in [3.05, 3.63) is 0 Å². The summed E-state index contributed by atoms with van der Waals surface area (Å²) >= 11 is 0. The van der Waals surface area contributed by atoms with Crippen molar-refractivity contribution >= 4 is 15.2 Å². The molecule has 86 valence electrons. The SMILES string of the molecule is CC(C)(CNP(N)(N)=O)NP(N)(N)=O. The van der Waals surface area contributed by atoms with E-state index in [9.17, 15) is 9.13 Å². The molecule has 10 heteroatoms. The van der Waals surface area contributed by atoms with Crippen LogP contribution in [-0.4, -0.2) is 12.1 Å². The standard InChI is InChI=1S/C4H18N6O2P2/c1-4(2,10-14(7,8)12)3-9-13(5,6)11/h3H2,1-2H3,(H5,5,6,9,11)(H5,7,8,10,12). The Morgan fingerprint density at radius 1 is 1.07 bits per heavy atom. The van der Waals surface area contributed by atoms with Crippen molar-refractivity contribution in [1.29, 1.82) is 0 Å². The molecule has 0 spiro atoms. The van der Waals surface area contributed by atoms with Crippen LogP contribution in [0.15, 0.2) is 0 Å². The molecule has 0 rings (SSSR count). The molecule has 0 fully saturated rings. The predicted octanol–water partition coefficient (Wildman–Crippen LogP) is -1.00. The Labute approximate surface area is 83.2 Å². The van der Waals surface area contributed by atoms with Gasteiger partial charge in [0.1, 0.15) is 0 Å². The molecule has 0 aromatic rings. The molecule has 0 saturated carbocycles. The van der Waals surface area contributed by atoms with Crippen LogP contribution in [0.2, 0.25) is 0 Å². The lowest BCUT2D eigenvalue weighted by molar-refractivity contribution is 0.443. The molecular formula is C4H18N6O2P2. The minimum absolute atomic E-state index is 0.135. The van der Waals surface area contributed by atoms with Crippen molar-refractivity contribution in [3.8, 4) is 0 Å². The monoisotopic (exact) mass is 244 g/mol. The van der Waals surface area contributed by atoms with Gasteiger partial charge in [0.15, 0.2) is 0 Å². The first-order chi connectivity index (χ1) is 5.91. The van der Waals surface area contributed by atoms with Gasteiger partial charge in [-0.15, -0.1) is 0 Å². The molecule has 0 aliphatic heterocycles. The zero-order valence-electron chi connectivity index (χ0n) is 8.23. The molecule has 0 aliphatic carbocycles. The third kappa shape index (κ3) is 8.80. The van der Waals surface area contributed by atoms with E-state index in [1.54, 1.807) is 13.8 Å². The van der Waals surface area contributed by atoms with Crippen LogP contribution in [0.4, 0.5) is 0 Å². The van der Waals surface area contributed by atoms with Crippen LogP contribution >= 0.6 is 15.2 Å². The number of nitrogens with one attached hydrogen (secondary N) is 2. The molecular weight excluding hydrogens is 226 g/mol. The maximum Gasteiger partial charge on any atom is 0.274 e. The summed E-state index contributed by atoms with van der Waals surface area (Å²) in [6, 6.07) is 0. The summed E-state index contributed by atoms with van der Waals surface area (Å²) in [4.78, 5) is 0. The second-order valence-corrected chi connectivity index (χ2v) is 7.13. The fourth-order valence-corrected chi connectivity index (χ4v) is 2.50. The number of nitrogens with two attached hydrogens (primary N) is 4. The summed E-state index contributed by atoms with van der Waals surface area (Å²) in [6.07, 6.45) is 0. The van der Waals surface area contributed by atoms with Crippen molar-refractivity contribution in [2.24, 2.45) is 22.0 Å². The molecule has 0 unspecified atom stereocenters. The summed E-state index contributed by atoms with van der Waals surface area (Å²) in [5, 5.41) is 4.89. The summed E-state index contributed by atoms with van der Waals surface area (Å²) in [5.41, 5.74) is 19.7. The van der Waals surface area contributed by atoms with E-state index < -0.39 is 20.7 Å². The van der Waals surface area contributed by atoms with Crippen molar-refractivity contribution in [2.75, 3.05) is 6.54 Å². The normalized spacial score (nSPS) is 14.4. The molecule has 10 N–H and O–H groups in total. The lowest BCUT2D eigenvalue weighted by Gasteiger charge is -2.28. The van der Waals surface area contributed by atoms with Gasteiger partial charge in [-0.3, -0.25) is 31.1 Å². The van der Waals surface area contributed by atoms with E-state index in [0.29, 0.717) is 0 Å². The lowest BCUT2D eigenvalue weighted by Crippen LogP contribution is -2.48. The van der Waals surface area contributed by atoms with Gasteiger partial charge in [0.05, 0.1) is 0 Å². The quantitative estimate of drug-likeness (QED) is 0.335.